The van der Waals surface area contributed by atoms with Crippen molar-refractivity contribution in [1.29, 1.82) is 0 Å². The normalized spacial score (nSPS) is 13.8. The minimum atomic E-state index is -3.25. The molecule has 1 amide bonds. The van der Waals surface area contributed by atoms with Gasteiger partial charge in [0.15, 0.2) is 0 Å². The van der Waals surface area contributed by atoms with Crippen LogP contribution in [0.25, 0.3) is 0 Å². The molecule has 1 aliphatic rings. The highest BCUT2D eigenvalue weighted by Crippen LogP contribution is 2.30. The van der Waals surface area contributed by atoms with Crippen molar-refractivity contribution in [2.45, 2.75) is 13.0 Å². The summed E-state index contributed by atoms with van der Waals surface area (Å²) in [4.78, 5) is 14.2. The molecular formula is C17H17FN2O3S. The first-order valence-electron chi connectivity index (χ1n) is 7.47. The van der Waals surface area contributed by atoms with Crippen molar-refractivity contribution in [2.75, 3.05) is 17.7 Å². The van der Waals surface area contributed by atoms with Gasteiger partial charge in [-0.15, -0.1) is 0 Å². The van der Waals surface area contributed by atoms with Gasteiger partial charge in [0.05, 0.1) is 6.26 Å². The minimum absolute atomic E-state index is 0.171. The molecule has 7 heteroatoms. The van der Waals surface area contributed by atoms with Crippen molar-refractivity contribution in [3.8, 4) is 0 Å². The van der Waals surface area contributed by atoms with Gasteiger partial charge in [-0.05, 0) is 47.9 Å². The van der Waals surface area contributed by atoms with Crippen LogP contribution in [-0.2, 0) is 23.0 Å². The number of anilines is 1. The molecule has 2 aromatic rings. The molecule has 5 nitrogen and oxygen atoms in total. The van der Waals surface area contributed by atoms with Crippen molar-refractivity contribution in [1.82, 2.24) is 4.72 Å². The Balaban J connectivity index is 1.79. The summed E-state index contributed by atoms with van der Waals surface area (Å²) < 4.78 is 37.8. The summed E-state index contributed by atoms with van der Waals surface area (Å²) in [5, 5.41) is 0. The Labute approximate surface area is 140 Å². The van der Waals surface area contributed by atoms with E-state index in [0.29, 0.717) is 18.5 Å². The van der Waals surface area contributed by atoms with Crippen molar-refractivity contribution >= 4 is 21.6 Å². The van der Waals surface area contributed by atoms with Crippen molar-refractivity contribution in [3.63, 3.8) is 0 Å². The molecule has 3 rings (SSSR count). The molecule has 0 saturated heterocycles. The van der Waals surface area contributed by atoms with E-state index in [9.17, 15) is 17.6 Å². The predicted octanol–water partition coefficient (Wildman–Crippen LogP) is 2.08. The Morgan fingerprint density at radius 1 is 1.21 bits per heavy atom. The van der Waals surface area contributed by atoms with Crippen LogP contribution in [0.3, 0.4) is 0 Å². The van der Waals surface area contributed by atoms with E-state index in [-0.39, 0.29) is 18.3 Å². The van der Waals surface area contributed by atoms with Gasteiger partial charge < -0.3 is 4.90 Å². The van der Waals surface area contributed by atoms with Crippen LogP contribution >= 0.6 is 0 Å². The van der Waals surface area contributed by atoms with Crippen LogP contribution in [0.1, 0.15) is 21.5 Å². The lowest BCUT2D eigenvalue weighted by Crippen LogP contribution is -2.28. The van der Waals surface area contributed by atoms with Crippen LogP contribution in [-0.4, -0.2) is 27.1 Å². The fourth-order valence-corrected chi connectivity index (χ4v) is 3.17. The fraction of sp³-hybridized carbons (Fsp3) is 0.235. The standard InChI is InChI=1S/C17H17FN2O3S/c1-24(22,23)19-11-12-2-7-16-14(10-12)8-9-20(16)17(21)13-3-5-15(18)6-4-13/h2-7,10,19H,8-9,11H2,1H3. The van der Waals surface area contributed by atoms with Crippen LogP contribution in [0.4, 0.5) is 10.1 Å². The molecule has 0 saturated carbocycles. The number of hydrogen-bond donors (Lipinski definition) is 1. The van der Waals surface area contributed by atoms with Gasteiger partial charge in [0.1, 0.15) is 5.82 Å². The quantitative estimate of drug-likeness (QED) is 0.920. The summed E-state index contributed by atoms with van der Waals surface area (Å²) >= 11 is 0. The Morgan fingerprint density at radius 3 is 2.58 bits per heavy atom. The molecule has 2 aromatic carbocycles. The zero-order valence-electron chi connectivity index (χ0n) is 13.1. The number of rotatable bonds is 4. The number of benzene rings is 2. The smallest absolute Gasteiger partial charge is 0.258 e. The molecule has 0 unspecified atom stereocenters. The zero-order valence-corrected chi connectivity index (χ0v) is 13.9. The Kier molecular flexibility index (Phi) is 4.38. The van der Waals surface area contributed by atoms with Gasteiger partial charge >= 0.3 is 0 Å². The van der Waals surface area contributed by atoms with E-state index in [4.69, 9.17) is 0 Å². The maximum absolute atomic E-state index is 13.0. The third-order valence-electron chi connectivity index (χ3n) is 3.91. The van der Waals surface area contributed by atoms with Crippen LogP contribution in [0, 0.1) is 5.82 Å². The van der Waals surface area contributed by atoms with E-state index in [0.717, 1.165) is 23.1 Å². The molecule has 1 aliphatic heterocycles. The zero-order chi connectivity index (χ0) is 17.3. The Morgan fingerprint density at radius 2 is 1.92 bits per heavy atom. The summed E-state index contributed by atoms with van der Waals surface area (Å²) in [6, 6.07) is 11.0. The van der Waals surface area contributed by atoms with Gasteiger partial charge in [0.2, 0.25) is 10.0 Å². The monoisotopic (exact) mass is 348 g/mol. The van der Waals surface area contributed by atoms with E-state index in [1.165, 1.54) is 24.3 Å². The summed E-state index contributed by atoms with van der Waals surface area (Å²) in [5.41, 5.74) is 3.09. The molecule has 0 atom stereocenters. The van der Waals surface area contributed by atoms with E-state index >= 15 is 0 Å². The molecule has 0 bridgehead atoms. The maximum Gasteiger partial charge on any atom is 0.258 e. The summed E-state index contributed by atoms with van der Waals surface area (Å²) in [6.07, 6.45) is 1.82. The van der Waals surface area contributed by atoms with Crippen molar-refractivity contribution in [2.24, 2.45) is 0 Å². The van der Waals surface area contributed by atoms with E-state index in [1.807, 2.05) is 12.1 Å². The molecular weight excluding hydrogens is 331 g/mol. The molecule has 0 spiro atoms. The molecule has 1 heterocycles. The highest BCUT2D eigenvalue weighted by Gasteiger charge is 2.25. The van der Waals surface area contributed by atoms with Crippen molar-refractivity contribution in [3.05, 3.63) is 65.0 Å². The Bertz CT molecular complexity index is 879. The second-order valence-electron chi connectivity index (χ2n) is 5.77. The Hall–Kier alpha value is -2.25. The first-order valence-corrected chi connectivity index (χ1v) is 9.36. The summed E-state index contributed by atoms with van der Waals surface area (Å²) in [7, 11) is -3.25. The lowest BCUT2D eigenvalue weighted by atomic mass is 10.1. The molecule has 24 heavy (non-hydrogen) atoms. The van der Waals surface area contributed by atoms with Gasteiger partial charge in [0, 0.05) is 24.3 Å². The molecule has 0 aliphatic carbocycles. The topological polar surface area (TPSA) is 66.5 Å². The molecule has 0 fully saturated rings. The molecule has 126 valence electrons. The second kappa shape index (κ2) is 6.33. The molecule has 0 radical (unpaired) electrons. The van der Waals surface area contributed by atoms with Crippen molar-refractivity contribution < 1.29 is 17.6 Å². The van der Waals surface area contributed by atoms with Crippen LogP contribution in [0.15, 0.2) is 42.5 Å². The van der Waals surface area contributed by atoms with Gasteiger partial charge in [0.25, 0.3) is 5.91 Å². The number of nitrogens with one attached hydrogen (secondary N) is 1. The van der Waals surface area contributed by atoms with E-state index < -0.39 is 10.0 Å². The summed E-state index contributed by atoms with van der Waals surface area (Å²) in [6.45, 7) is 0.770. The third-order valence-corrected chi connectivity index (χ3v) is 4.58. The lowest BCUT2D eigenvalue weighted by molar-refractivity contribution is 0.0989. The SMILES string of the molecule is CS(=O)(=O)NCc1ccc2c(c1)CCN2C(=O)c1ccc(F)cc1. The van der Waals surface area contributed by atoms with E-state index in [2.05, 4.69) is 4.72 Å². The van der Waals surface area contributed by atoms with E-state index in [1.54, 1.807) is 11.0 Å². The molecule has 1 N–H and O–H groups in total. The first-order chi connectivity index (χ1) is 11.3. The minimum Gasteiger partial charge on any atom is -0.308 e. The number of nitrogens with zero attached hydrogens (tertiary/aromatic N) is 1. The second-order valence-corrected chi connectivity index (χ2v) is 7.60. The average Bonchev–Trinajstić information content (AvgIpc) is 2.95. The number of carbonyl (C=O) groups is 1. The van der Waals surface area contributed by atoms with Gasteiger partial charge in [-0.3, -0.25) is 4.79 Å². The number of halogens is 1. The average molecular weight is 348 g/mol. The number of fused-ring (bicyclic) bond motifs is 1. The van der Waals surface area contributed by atoms with Gasteiger partial charge in [-0.25, -0.2) is 17.5 Å². The number of carbonyl (C=O) groups excluding carboxylic acids is 1. The fourth-order valence-electron chi connectivity index (χ4n) is 2.74. The number of amides is 1. The van der Waals surface area contributed by atoms with Crippen LogP contribution < -0.4 is 9.62 Å². The molecule has 0 aromatic heterocycles. The maximum atomic E-state index is 13.0. The number of hydrogen-bond acceptors (Lipinski definition) is 3. The largest absolute Gasteiger partial charge is 0.308 e. The van der Waals surface area contributed by atoms with Crippen LogP contribution in [0.5, 0.6) is 0 Å². The van der Waals surface area contributed by atoms with Gasteiger partial charge in [-0.2, -0.15) is 0 Å². The van der Waals surface area contributed by atoms with Crippen LogP contribution in [0.2, 0.25) is 0 Å². The predicted molar refractivity (Wildman–Crippen MR) is 89.9 cm³/mol. The van der Waals surface area contributed by atoms with Gasteiger partial charge in [-0.1, -0.05) is 12.1 Å². The summed E-state index contributed by atoms with van der Waals surface area (Å²) in [5.74, 6) is -0.549. The highest BCUT2D eigenvalue weighted by molar-refractivity contribution is 7.88. The third kappa shape index (κ3) is 3.63. The lowest BCUT2D eigenvalue weighted by Gasteiger charge is -2.17. The highest BCUT2D eigenvalue weighted by atomic mass is 32.2. The number of sulfonamides is 1. The first kappa shape index (κ1) is 16.6.